The molecule has 0 atom stereocenters. The van der Waals surface area contributed by atoms with E-state index in [1.165, 1.54) is 12.1 Å². The van der Waals surface area contributed by atoms with Crippen LogP contribution >= 0.6 is 0 Å². The minimum Gasteiger partial charge on any atom is -0.497 e. The average Bonchev–Trinajstić information content (AvgIpc) is 3.05. The number of fused-ring (bicyclic) bond motifs is 1. The Bertz CT molecular complexity index is 913. The summed E-state index contributed by atoms with van der Waals surface area (Å²) < 4.78 is 18.5. The molecule has 1 heterocycles. The van der Waals surface area contributed by atoms with Gasteiger partial charge in [-0.15, -0.1) is 0 Å². The number of aromatic amines is 1. The zero-order valence-corrected chi connectivity index (χ0v) is 15.2. The van der Waals surface area contributed by atoms with E-state index >= 15 is 0 Å². The molecule has 0 aliphatic heterocycles. The fourth-order valence-electron chi connectivity index (χ4n) is 3.07. The minimum atomic E-state index is -0.726. The third kappa shape index (κ3) is 3.57. The maximum atomic E-state index is 13.4. The SMILES string of the molecule is COc1ccc(CCNC(=O)C(C)(C)c2c[nH]c3cc(F)ccc23)cc1. The van der Waals surface area contributed by atoms with Gasteiger partial charge in [0.1, 0.15) is 11.6 Å². The summed E-state index contributed by atoms with van der Waals surface area (Å²) in [5.41, 5.74) is 1.95. The molecule has 0 radical (unpaired) electrons. The van der Waals surface area contributed by atoms with Gasteiger partial charge in [0.25, 0.3) is 0 Å². The molecule has 0 aliphatic rings. The van der Waals surface area contributed by atoms with Gasteiger partial charge in [0.05, 0.1) is 12.5 Å². The Kier molecular flexibility index (Phi) is 4.98. The van der Waals surface area contributed by atoms with Gasteiger partial charge in [-0.3, -0.25) is 4.79 Å². The Hall–Kier alpha value is -2.82. The Morgan fingerprint density at radius 1 is 1.19 bits per heavy atom. The van der Waals surface area contributed by atoms with Gasteiger partial charge in [-0.1, -0.05) is 12.1 Å². The Morgan fingerprint density at radius 2 is 1.92 bits per heavy atom. The highest BCUT2D eigenvalue weighted by molar-refractivity contribution is 5.94. The Balaban J connectivity index is 1.67. The predicted molar refractivity (Wildman–Crippen MR) is 101 cm³/mol. The summed E-state index contributed by atoms with van der Waals surface area (Å²) in [6.45, 7) is 4.30. The number of carbonyl (C=O) groups excluding carboxylic acids is 1. The first kappa shape index (κ1) is 18.0. The molecule has 2 N–H and O–H groups in total. The number of benzene rings is 2. The lowest BCUT2D eigenvalue weighted by Crippen LogP contribution is -2.40. The van der Waals surface area contributed by atoms with E-state index in [0.717, 1.165) is 28.7 Å². The summed E-state index contributed by atoms with van der Waals surface area (Å²) >= 11 is 0. The molecular weight excluding hydrogens is 331 g/mol. The predicted octanol–water partition coefficient (Wildman–Crippen LogP) is 3.95. The van der Waals surface area contributed by atoms with Crippen molar-refractivity contribution in [3.63, 3.8) is 0 Å². The minimum absolute atomic E-state index is 0.0590. The van der Waals surface area contributed by atoms with E-state index in [0.29, 0.717) is 12.1 Å². The molecule has 0 aliphatic carbocycles. The Labute approximate surface area is 152 Å². The highest BCUT2D eigenvalue weighted by atomic mass is 19.1. The van der Waals surface area contributed by atoms with Gasteiger partial charge < -0.3 is 15.0 Å². The first-order valence-electron chi connectivity index (χ1n) is 8.60. The molecule has 0 fully saturated rings. The monoisotopic (exact) mass is 354 g/mol. The van der Waals surface area contributed by atoms with Crippen molar-refractivity contribution in [3.8, 4) is 5.75 Å². The van der Waals surface area contributed by atoms with Crippen LogP contribution in [0.15, 0.2) is 48.7 Å². The van der Waals surface area contributed by atoms with Crippen molar-refractivity contribution in [3.05, 3.63) is 65.6 Å². The summed E-state index contributed by atoms with van der Waals surface area (Å²) in [6.07, 6.45) is 2.53. The van der Waals surface area contributed by atoms with Crippen LogP contribution in [0.1, 0.15) is 25.0 Å². The van der Waals surface area contributed by atoms with E-state index in [9.17, 15) is 9.18 Å². The van der Waals surface area contributed by atoms with Crippen LogP contribution in [0.2, 0.25) is 0 Å². The van der Waals surface area contributed by atoms with Crippen molar-refractivity contribution in [2.75, 3.05) is 13.7 Å². The molecular formula is C21H23FN2O2. The number of ether oxygens (including phenoxy) is 1. The number of aromatic nitrogens is 1. The summed E-state index contributed by atoms with van der Waals surface area (Å²) in [5.74, 6) is 0.457. The van der Waals surface area contributed by atoms with Crippen LogP contribution in [0.4, 0.5) is 4.39 Å². The molecule has 0 saturated heterocycles. The van der Waals surface area contributed by atoms with Crippen LogP contribution in [-0.4, -0.2) is 24.5 Å². The maximum Gasteiger partial charge on any atom is 0.230 e. The van der Waals surface area contributed by atoms with Crippen molar-refractivity contribution in [2.45, 2.75) is 25.7 Å². The number of rotatable bonds is 6. The second-order valence-electron chi connectivity index (χ2n) is 6.87. The lowest BCUT2D eigenvalue weighted by molar-refractivity contribution is -0.125. The van der Waals surface area contributed by atoms with Crippen molar-refractivity contribution >= 4 is 16.8 Å². The number of amides is 1. The lowest BCUT2D eigenvalue weighted by atomic mass is 9.83. The largest absolute Gasteiger partial charge is 0.497 e. The summed E-state index contributed by atoms with van der Waals surface area (Å²) in [4.78, 5) is 15.8. The summed E-state index contributed by atoms with van der Waals surface area (Å²) in [7, 11) is 1.64. The molecule has 26 heavy (non-hydrogen) atoms. The second-order valence-corrected chi connectivity index (χ2v) is 6.87. The molecule has 2 aromatic carbocycles. The average molecular weight is 354 g/mol. The molecule has 3 rings (SSSR count). The van der Waals surface area contributed by atoms with Crippen LogP contribution in [0.5, 0.6) is 5.75 Å². The van der Waals surface area contributed by atoms with Crippen LogP contribution < -0.4 is 10.1 Å². The molecule has 0 spiro atoms. The van der Waals surface area contributed by atoms with E-state index in [1.807, 2.05) is 38.1 Å². The smallest absolute Gasteiger partial charge is 0.230 e. The highest BCUT2D eigenvalue weighted by Crippen LogP contribution is 2.31. The lowest BCUT2D eigenvalue weighted by Gasteiger charge is -2.23. The maximum absolute atomic E-state index is 13.4. The Morgan fingerprint density at radius 3 is 2.62 bits per heavy atom. The number of hydrogen-bond donors (Lipinski definition) is 2. The molecule has 0 bridgehead atoms. The fraction of sp³-hybridized carbons (Fsp3) is 0.286. The van der Waals surface area contributed by atoms with Crippen molar-refractivity contribution in [2.24, 2.45) is 0 Å². The number of methoxy groups -OCH3 is 1. The molecule has 1 amide bonds. The third-order valence-electron chi connectivity index (χ3n) is 4.74. The quantitative estimate of drug-likeness (QED) is 0.704. The van der Waals surface area contributed by atoms with Crippen LogP contribution in [0.25, 0.3) is 10.9 Å². The van der Waals surface area contributed by atoms with Gasteiger partial charge in [0.15, 0.2) is 0 Å². The van der Waals surface area contributed by atoms with E-state index in [-0.39, 0.29) is 11.7 Å². The second kappa shape index (κ2) is 7.20. The first-order valence-corrected chi connectivity index (χ1v) is 8.60. The molecule has 4 nitrogen and oxygen atoms in total. The van der Waals surface area contributed by atoms with Crippen molar-refractivity contribution in [1.82, 2.24) is 10.3 Å². The van der Waals surface area contributed by atoms with Crippen LogP contribution in [-0.2, 0) is 16.6 Å². The van der Waals surface area contributed by atoms with Crippen molar-refractivity contribution in [1.29, 1.82) is 0 Å². The molecule has 5 heteroatoms. The zero-order valence-electron chi connectivity index (χ0n) is 15.2. The number of carbonyl (C=O) groups is 1. The molecule has 0 unspecified atom stereocenters. The van der Waals surface area contributed by atoms with Crippen LogP contribution in [0, 0.1) is 5.82 Å². The molecule has 136 valence electrons. The number of H-pyrrole nitrogens is 1. The van der Waals surface area contributed by atoms with E-state index in [4.69, 9.17) is 4.74 Å². The number of hydrogen-bond acceptors (Lipinski definition) is 2. The van der Waals surface area contributed by atoms with E-state index in [2.05, 4.69) is 10.3 Å². The van der Waals surface area contributed by atoms with Gasteiger partial charge in [0.2, 0.25) is 5.91 Å². The van der Waals surface area contributed by atoms with Crippen molar-refractivity contribution < 1.29 is 13.9 Å². The fourth-order valence-corrected chi connectivity index (χ4v) is 3.07. The van der Waals surface area contributed by atoms with Gasteiger partial charge >= 0.3 is 0 Å². The number of halogens is 1. The third-order valence-corrected chi connectivity index (χ3v) is 4.74. The summed E-state index contributed by atoms with van der Waals surface area (Å²) in [6, 6.07) is 12.4. The van der Waals surface area contributed by atoms with E-state index in [1.54, 1.807) is 19.4 Å². The highest BCUT2D eigenvalue weighted by Gasteiger charge is 2.31. The first-order chi connectivity index (χ1) is 12.4. The van der Waals surface area contributed by atoms with Gasteiger partial charge in [-0.2, -0.15) is 0 Å². The molecule has 3 aromatic rings. The topological polar surface area (TPSA) is 54.1 Å². The van der Waals surface area contributed by atoms with E-state index < -0.39 is 5.41 Å². The van der Waals surface area contributed by atoms with Crippen LogP contribution in [0.3, 0.4) is 0 Å². The molecule has 1 aromatic heterocycles. The molecule has 0 saturated carbocycles. The summed E-state index contributed by atoms with van der Waals surface area (Å²) in [5, 5.41) is 3.87. The van der Waals surface area contributed by atoms with Gasteiger partial charge in [0, 0.05) is 23.6 Å². The standard InChI is InChI=1S/C21H23FN2O2/c1-21(2,18-13-24-19-12-15(22)6-9-17(18)19)20(25)23-11-10-14-4-7-16(26-3)8-5-14/h4-9,12-13,24H,10-11H2,1-3H3,(H,23,25). The zero-order chi connectivity index (χ0) is 18.7. The number of nitrogens with one attached hydrogen (secondary N) is 2. The normalized spacial score (nSPS) is 11.5. The van der Waals surface area contributed by atoms with Gasteiger partial charge in [-0.25, -0.2) is 4.39 Å². The van der Waals surface area contributed by atoms with Gasteiger partial charge in [-0.05, 0) is 61.7 Å².